The van der Waals surface area contributed by atoms with Crippen molar-refractivity contribution in [2.24, 2.45) is 0 Å². The van der Waals surface area contributed by atoms with E-state index >= 15 is 0 Å². The summed E-state index contributed by atoms with van der Waals surface area (Å²) in [5.74, 6) is -0.388. The van der Waals surface area contributed by atoms with Crippen LogP contribution in [0, 0.1) is 0 Å². The molecule has 0 N–H and O–H groups in total. The van der Waals surface area contributed by atoms with Gasteiger partial charge in [-0.15, -0.1) is 0 Å². The van der Waals surface area contributed by atoms with Crippen molar-refractivity contribution in [3.63, 3.8) is 0 Å². The number of Topliss-reactive ketones (excluding diaryl/α,β-unsaturated/α-hetero) is 1. The van der Waals surface area contributed by atoms with E-state index in [9.17, 15) is 9.59 Å². The summed E-state index contributed by atoms with van der Waals surface area (Å²) in [5, 5.41) is 0. The predicted octanol–water partition coefficient (Wildman–Crippen LogP) is 1.71. The molecule has 0 aliphatic carbocycles. The van der Waals surface area contributed by atoms with Gasteiger partial charge in [0.25, 0.3) is 0 Å². The van der Waals surface area contributed by atoms with Crippen molar-refractivity contribution in [3.8, 4) is 0 Å². The standard InChI is InChI=1S/C11H20O4/c1-5-11(3,14-4)9(12)7-8-10(13)15-6-2/h5-8H2,1-4H3. The van der Waals surface area contributed by atoms with Crippen LogP contribution < -0.4 is 0 Å². The summed E-state index contributed by atoms with van der Waals surface area (Å²) in [6.45, 7) is 5.71. The van der Waals surface area contributed by atoms with Crippen molar-refractivity contribution >= 4 is 11.8 Å². The lowest BCUT2D eigenvalue weighted by Crippen LogP contribution is -2.36. The SMILES string of the molecule is CCOC(=O)CCC(=O)C(C)(CC)OC. The molecule has 4 nitrogen and oxygen atoms in total. The van der Waals surface area contributed by atoms with Crippen LogP contribution >= 0.6 is 0 Å². The number of esters is 1. The minimum atomic E-state index is -0.771. The highest BCUT2D eigenvalue weighted by Gasteiger charge is 2.30. The Bertz CT molecular complexity index is 219. The number of rotatable bonds is 7. The molecule has 0 saturated carbocycles. The van der Waals surface area contributed by atoms with Gasteiger partial charge in [-0.2, -0.15) is 0 Å². The van der Waals surface area contributed by atoms with E-state index in [0.717, 1.165) is 0 Å². The molecule has 0 aliphatic rings. The highest BCUT2D eigenvalue weighted by atomic mass is 16.5. The molecule has 15 heavy (non-hydrogen) atoms. The molecule has 0 aromatic heterocycles. The Morgan fingerprint density at radius 2 is 1.80 bits per heavy atom. The van der Waals surface area contributed by atoms with Crippen LogP contribution in [0.25, 0.3) is 0 Å². The highest BCUT2D eigenvalue weighted by Crippen LogP contribution is 2.18. The topological polar surface area (TPSA) is 52.6 Å². The Labute approximate surface area is 90.9 Å². The van der Waals surface area contributed by atoms with Gasteiger partial charge in [-0.3, -0.25) is 9.59 Å². The first kappa shape index (κ1) is 14.1. The van der Waals surface area contributed by atoms with E-state index in [1.807, 2.05) is 6.92 Å². The largest absolute Gasteiger partial charge is 0.466 e. The van der Waals surface area contributed by atoms with Gasteiger partial charge in [0.05, 0.1) is 13.0 Å². The molecule has 88 valence electrons. The maximum absolute atomic E-state index is 11.7. The molecule has 0 bridgehead atoms. The van der Waals surface area contributed by atoms with E-state index in [2.05, 4.69) is 0 Å². The quantitative estimate of drug-likeness (QED) is 0.608. The zero-order valence-corrected chi connectivity index (χ0v) is 9.96. The van der Waals surface area contributed by atoms with E-state index in [1.165, 1.54) is 7.11 Å². The fourth-order valence-electron chi connectivity index (χ4n) is 1.17. The lowest BCUT2D eigenvalue weighted by atomic mass is 9.94. The van der Waals surface area contributed by atoms with Crippen molar-refractivity contribution in [3.05, 3.63) is 0 Å². The van der Waals surface area contributed by atoms with Crippen LogP contribution in [-0.4, -0.2) is 31.1 Å². The van der Waals surface area contributed by atoms with Crippen molar-refractivity contribution in [1.82, 2.24) is 0 Å². The molecule has 0 fully saturated rings. The van der Waals surface area contributed by atoms with Crippen molar-refractivity contribution in [2.45, 2.75) is 45.6 Å². The van der Waals surface area contributed by atoms with Gasteiger partial charge >= 0.3 is 5.97 Å². The summed E-state index contributed by atoms with van der Waals surface area (Å²) in [5.41, 5.74) is -0.771. The predicted molar refractivity (Wildman–Crippen MR) is 56.6 cm³/mol. The molecule has 0 aromatic rings. The molecule has 0 heterocycles. The summed E-state index contributed by atoms with van der Waals surface area (Å²) >= 11 is 0. The van der Waals surface area contributed by atoms with E-state index in [-0.39, 0.29) is 24.6 Å². The second-order valence-electron chi connectivity index (χ2n) is 3.52. The molecular weight excluding hydrogens is 196 g/mol. The van der Waals surface area contributed by atoms with E-state index in [0.29, 0.717) is 13.0 Å². The third-order valence-electron chi connectivity index (χ3n) is 2.58. The Morgan fingerprint density at radius 3 is 2.20 bits per heavy atom. The smallest absolute Gasteiger partial charge is 0.306 e. The number of methoxy groups -OCH3 is 1. The van der Waals surface area contributed by atoms with Crippen LogP contribution in [0.2, 0.25) is 0 Å². The number of hydrogen-bond acceptors (Lipinski definition) is 4. The normalized spacial score (nSPS) is 14.4. The van der Waals surface area contributed by atoms with Crippen LogP contribution in [-0.2, 0) is 19.1 Å². The molecule has 0 rings (SSSR count). The van der Waals surface area contributed by atoms with Crippen molar-refractivity contribution in [2.75, 3.05) is 13.7 Å². The van der Waals surface area contributed by atoms with Gasteiger partial charge in [0.1, 0.15) is 5.60 Å². The average molecular weight is 216 g/mol. The Kier molecular flexibility index (Phi) is 6.17. The first-order valence-electron chi connectivity index (χ1n) is 5.24. The molecule has 0 amide bonds. The summed E-state index contributed by atoms with van der Waals surface area (Å²) in [6.07, 6.45) is 0.911. The fraction of sp³-hybridized carbons (Fsp3) is 0.818. The maximum atomic E-state index is 11.7. The minimum Gasteiger partial charge on any atom is -0.466 e. The Morgan fingerprint density at radius 1 is 1.20 bits per heavy atom. The number of hydrogen-bond donors (Lipinski definition) is 0. The monoisotopic (exact) mass is 216 g/mol. The highest BCUT2D eigenvalue weighted by molar-refractivity contribution is 5.89. The lowest BCUT2D eigenvalue weighted by Gasteiger charge is -2.24. The molecule has 0 spiro atoms. The van der Waals surface area contributed by atoms with Crippen molar-refractivity contribution in [1.29, 1.82) is 0 Å². The molecule has 0 radical (unpaired) electrons. The third-order valence-corrected chi connectivity index (χ3v) is 2.58. The van der Waals surface area contributed by atoms with E-state index in [1.54, 1.807) is 13.8 Å². The van der Waals surface area contributed by atoms with Gasteiger partial charge in [-0.05, 0) is 20.3 Å². The summed E-state index contributed by atoms with van der Waals surface area (Å²) in [7, 11) is 1.51. The zero-order chi connectivity index (χ0) is 11.9. The molecule has 0 saturated heterocycles. The molecule has 1 unspecified atom stereocenters. The average Bonchev–Trinajstić information content (AvgIpc) is 2.25. The van der Waals surface area contributed by atoms with E-state index in [4.69, 9.17) is 9.47 Å². The lowest BCUT2D eigenvalue weighted by molar-refractivity contribution is -0.147. The summed E-state index contributed by atoms with van der Waals surface area (Å²) < 4.78 is 9.88. The summed E-state index contributed by atoms with van der Waals surface area (Å²) in [6, 6.07) is 0. The van der Waals surface area contributed by atoms with Crippen LogP contribution in [0.4, 0.5) is 0 Å². The second-order valence-corrected chi connectivity index (χ2v) is 3.52. The van der Waals surface area contributed by atoms with Crippen LogP contribution in [0.1, 0.15) is 40.0 Å². The first-order chi connectivity index (χ1) is 7.00. The zero-order valence-electron chi connectivity index (χ0n) is 9.96. The van der Waals surface area contributed by atoms with Crippen molar-refractivity contribution < 1.29 is 19.1 Å². The first-order valence-corrected chi connectivity index (χ1v) is 5.24. The van der Waals surface area contributed by atoms with Crippen LogP contribution in [0.15, 0.2) is 0 Å². The van der Waals surface area contributed by atoms with Gasteiger partial charge in [0, 0.05) is 13.5 Å². The molecule has 4 heteroatoms. The molecule has 0 aromatic carbocycles. The Hall–Kier alpha value is -0.900. The van der Waals surface area contributed by atoms with Gasteiger partial charge in [0.2, 0.25) is 0 Å². The minimum absolute atomic E-state index is 0.0550. The maximum Gasteiger partial charge on any atom is 0.306 e. The van der Waals surface area contributed by atoms with E-state index < -0.39 is 5.60 Å². The summed E-state index contributed by atoms with van der Waals surface area (Å²) in [4.78, 5) is 22.7. The molecular formula is C11H20O4. The number of carbonyl (C=O) groups excluding carboxylic acids is 2. The van der Waals surface area contributed by atoms with Gasteiger partial charge < -0.3 is 9.47 Å². The number of carbonyl (C=O) groups is 2. The molecule has 0 aliphatic heterocycles. The second kappa shape index (κ2) is 6.56. The van der Waals surface area contributed by atoms with Gasteiger partial charge in [-0.25, -0.2) is 0 Å². The Balaban J connectivity index is 4.08. The third kappa shape index (κ3) is 4.42. The number of ether oxygens (including phenoxy) is 2. The molecule has 1 atom stereocenters. The fourth-order valence-corrected chi connectivity index (χ4v) is 1.17. The number of ketones is 1. The van der Waals surface area contributed by atoms with Crippen LogP contribution in [0.3, 0.4) is 0 Å². The van der Waals surface area contributed by atoms with Gasteiger partial charge in [0.15, 0.2) is 5.78 Å². The van der Waals surface area contributed by atoms with Gasteiger partial charge in [-0.1, -0.05) is 6.92 Å². The van der Waals surface area contributed by atoms with Crippen LogP contribution in [0.5, 0.6) is 0 Å².